The SMILES string of the molecule is CNC(=O)C(=O)NC[C@H](c1ccc(N(C)C)cc1)[NH+]1CCN(c2ccccc2)CC1. The van der Waals surface area contributed by atoms with E-state index in [1.165, 1.54) is 23.2 Å². The molecule has 30 heavy (non-hydrogen) atoms. The van der Waals surface area contributed by atoms with Gasteiger partial charge in [0.25, 0.3) is 0 Å². The molecule has 1 aliphatic heterocycles. The summed E-state index contributed by atoms with van der Waals surface area (Å²) in [6.07, 6.45) is 0. The zero-order valence-electron chi connectivity index (χ0n) is 18.0. The minimum Gasteiger partial charge on any atom is -0.378 e. The second kappa shape index (κ2) is 10.1. The van der Waals surface area contributed by atoms with Crippen molar-refractivity contribution < 1.29 is 14.5 Å². The summed E-state index contributed by atoms with van der Waals surface area (Å²) >= 11 is 0. The van der Waals surface area contributed by atoms with Crippen LogP contribution in [0.3, 0.4) is 0 Å². The van der Waals surface area contributed by atoms with Crippen LogP contribution in [0.1, 0.15) is 11.6 Å². The van der Waals surface area contributed by atoms with Crippen LogP contribution >= 0.6 is 0 Å². The number of nitrogens with one attached hydrogen (secondary N) is 3. The van der Waals surface area contributed by atoms with Crippen molar-refractivity contribution in [3.05, 3.63) is 60.2 Å². The fourth-order valence-electron chi connectivity index (χ4n) is 3.93. The maximum atomic E-state index is 12.0. The largest absolute Gasteiger partial charge is 0.378 e. The highest BCUT2D eigenvalue weighted by Crippen LogP contribution is 2.17. The number of anilines is 2. The summed E-state index contributed by atoms with van der Waals surface area (Å²) < 4.78 is 0. The fraction of sp³-hybridized carbons (Fsp3) is 0.391. The van der Waals surface area contributed by atoms with Gasteiger partial charge in [0.1, 0.15) is 6.04 Å². The van der Waals surface area contributed by atoms with Crippen molar-refractivity contribution in [1.29, 1.82) is 0 Å². The summed E-state index contributed by atoms with van der Waals surface area (Å²) in [5.41, 5.74) is 3.55. The number of piperazine rings is 1. The third-order valence-corrected chi connectivity index (χ3v) is 5.73. The smallest absolute Gasteiger partial charge is 0.309 e. The molecule has 3 rings (SSSR count). The van der Waals surface area contributed by atoms with Crippen LogP contribution in [0.25, 0.3) is 0 Å². The first-order valence-corrected chi connectivity index (χ1v) is 10.4. The van der Waals surface area contributed by atoms with Crippen molar-refractivity contribution >= 4 is 23.2 Å². The number of nitrogens with zero attached hydrogens (tertiary/aromatic N) is 2. The van der Waals surface area contributed by atoms with Crippen LogP contribution in [-0.4, -0.2) is 65.7 Å². The molecule has 2 amide bonds. The molecule has 1 fully saturated rings. The summed E-state index contributed by atoms with van der Waals surface area (Å²) in [4.78, 5) is 29.5. The number of carbonyl (C=O) groups excluding carboxylic acids is 2. The maximum Gasteiger partial charge on any atom is 0.309 e. The quantitative estimate of drug-likeness (QED) is 0.589. The third kappa shape index (κ3) is 5.30. The van der Waals surface area contributed by atoms with Crippen molar-refractivity contribution in [2.45, 2.75) is 6.04 Å². The number of benzene rings is 2. The Balaban J connectivity index is 1.72. The highest BCUT2D eigenvalue weighted by Gasteiger charge is 2.29. The van der Waals surface area contributed by atoms with E-state index in [1.807, 2.05) is 20.2 Å². The van der Waals surface area contributed by atoms with Crippen molar-refractivity contribution in [2.75, 3.05) is 63.7 Å². The zero-order valence-corrected chi connectivity index (χ0v) is 18.0. The van der Waals surface area contributed by atoms with Crippen LogP contribution in [0.15, 0.2) is 54.6 Å². The van der Waals surface area contributed by atoms with E-state index in [2.05, 4.69) is 69.0 Å². The van der Waals surface area contributed by atoms with Gasteiger partial charge in [-0.15, -0.1) is 0 Å². The molecule has 1 aliphatic rings. The molecule has 3 N–H and O–H groups in total. The van der Waals surface area contributed by atoms with Crippen LogP contribution in [-0.2, 0) is 9.59 Å². The maximum absolute atomic E-state index is 12.0. The molecule has 0 unspecified atom stereocenters. The normalized spacial score (nSPS) is 15.4. The predicted molar refractivity (Wildman–Crippen MR) is 120 cm³/mol. The Labute approximate surface area is 178 Å². The van der Waals surface area contributed by atoms with Gasteiger partial charge in [0.15, 0.2) is 0 Å². The lowest BCUT2D eigenvalue weighted by molar-refractivity contribution is -0.931. The van der Waals surface area contributed by atoms with E-state index in [9.17, 15) is 9.59 Å². The number of likely N-dealkylation sites (N-methyl/N-ethyl adjacent to an activating group) is 1. The minimum atomic E-state index is -0.611. The molecule has 1 atom stereocenters. The second-order valence-electron chi connectivity index (χ2n) is 7.81. The molecule has 2 aromatic rings. The Morgan fingerprint density at radius 3 is 2.20 bits per heavy atom. The average molecular weight is 411 g/mol. The van der Waals surface area contributed by atoms with E-state index < -0.39 is 11.8 Å². The van der Waals surface area contributed by atoms with Gasteiger partial charge in [-0.1, -0.05) is 30.3 Å². The number of para-hydroxylation sites is 1. The highest BCUT2D eigenvalue weighted by atomic mass is 16.2. The molecule has 2 aromatic carbocycles. The van der Waals surface area contributed by atoms with E-state index in [0.29, 0.717) is 6.54 Å². The molecule has 0 bridgehead atoms. The van der Waals surface area contributed by atoms with Crippen molar-refractivity contribution in [1.82, 2.24) is 10.6 Å². The summed E-state index contributed by atoms with van der Waals surface area (Å²) in [7, 11) is 5.50. The molecule has 0 aromatic heterocycles. The molecular weight excluding hydrogens is 378 g/mol. The van der Waals surface area contributed by atoms with Gasteiger partial charge in [0, 0.05) is 38.1 Å². The number of amides is 2. The van der Waals surface area contributed by atoms with Crippen LogP contribution in [0, 0.1) is 0 Å². The lowest BCUT2D eigenvalue weighted by Gasteiger charge is -2.38. The number of quaternary nitrogens is 1. The van der Waals surface area contributed by atoms with Crippen LogP contribution in [0.2, 0.25) is 0 Å². The molecule has 7 nitrogen and oxygen atoms in total. The Bertz CT molecular complexity index is 830. The van der Waals surface area contributed by atoms with Gasteiger partial charge in [0.2, 0.25) is 0 Å². The van der Waals surface area contributed by atoms with Gasteiger partial charge in [-0.05, 0) is 24.3 Å². The molecule has 0 radical (unpaired) electrons. The van der Waals surface area contributed by atoms with Crippen molar-refractivity contribution in [2.24, 2.45) is 0 Å². The molecule has 0 saturated carbocycles. The second-order valence-corrected chi connectivity index (χ2v) is 7.81. The average Bonchev–Trinajstić information content (AvgIpc) is 2.79. The number of rotatable bonds is 6. The van der Waals surface area contributed by atoms with Crippen LogP contribution in [0.5, 0.6) is 0 Å². The lowest BCUT2D eigenvalue weighted by Crippen LogP contribution is -3.15. The van der Waals surface area contributed by atoms with E-state index in [-0.39, 0.29) is 6.04 Å². The molecular formula is C23H32N5O2+. The van der Waals surface area contributed by atoms with E-state index in [4.69, 9.17) is 0 Å². The van der Waals surface area contributed by atoms with Gasteiger partial charge >= 0.3 is 11.8 Å². The van der Waals surface area contributed by atoms with Crippen LogP contribution in [0.4, 0.5) is 11.4 Å². The van der Waals surface area contributed by atoms with Gasteiger partial charge < -0.3 is 25.3 Å². The molecule has 0 spiro atoms. The molecule has 0 aliphatic carbocycles. The van der Waals surface area contributed by atoms with Crippen molar-refractivity contribution in [3.8, 4) is 0 Å². The lowest BCUT2D eigenvalue weighted by atomic mass is 10.0. The summed E-state index contributed by atoms with van der Waals surface area (Å²) in [6.45, 7) is 4.26. The number of hydrogen-bond donors (Lipinski definition) is 3. The fourth-order valence-corrected chi connectivity index (χ4v) is 3.93. The first kappa shape index (κ1) is 21.6. The van der Waals surface area contributed by atoms with Gasteiger partial charge in [0.05, 0.1) is 32.7 Å². The van der Waals surface area contributed by atoms with E-state index in [0.717, 1.165) is 31.9 Å². The first-order valence-electron chi connectivity index (χ1n) is 10.4. The topological polar surface area (TPSA) is 69.1 Å². The zero-order chi connectivity index (χ0) is 21.5. The molecule has 1 heterocycles. The Morgan fingerprint density at radius 1 is 1.00 bits per heavy atom. The summed E-state index contributed by atoms with van der Waals surface area (Å²) in [5.74, 6) is -1.20. The van der Waals surface area contributed by atoms with Gasteiger partial charge in [-0.3, -0.25) is 9.59 Å². The Hall–Kier alpha value is -3.06. The molecule has 160 valence electrons. The highest BCUT2D eigenvalue weighted by molar-refractivity contribution is 6.35. The standard InChI is InChI=1S/C23H31N5O2/c1-24-22(29)23(30)25-17-21(18-9-11-19(12-10-18)26(2)3)28-15-13-27(14-16-28)20-7-5-4-6-8-20/h4-12,21H,13-17H2,1-3H3,(H,24,29)(H,25,30)/p+1/t21-/m1/s1. The number of carbonyl (C=O) groups is 2. The van der Waals surface area contributed by atoms with Crippen molar-refractivity contribution in [3.63, 3.8) is 0 Å². The van der Waals surface area contributed by atoms with Crippen LogP contribution < -0.4 is 25.3 Å². The van der Waals surface area contributed by atoms with E-state index in [1.54, 1.807) is 0 Å². The van der Waals surface area contributed by atoms with E-state index >= 15 is 0 Å². The van der Waals surface area contributed by atoms with Gasteiger partial charge in [-0.25, -0.2) is 0 Å². The monoisotopic (exact) mass is 410 g/mol. The molecule has 1 saturated heterocycles. The molecule has 7 heteroatoms. The first-order chi connectivity index (χ1) is 14.5. The summed E-state index contributed by atoms with van der Waals surface area (Å²) in [5, 5.41) is 5.20. The van der Waals surface area contributed by atoms with Gasteiger partial charge in [-0.2, -0.15) is 0 Å². The Kier molecular flexibility index (Phi) is 7.30. The summed E-state index contributed by atoms with van der Waals surface area (Å²) in [6, 6.07) is 19.0. The third-order valence-electron chi connectivity index (χ3n) is 5.73. The Morgan fingerprint density at radius 2 is 1.63 bits per heavy atom. The predicted octanol–water partition coefficient (Wildman–Crippen LogP) is 0.0610. The minimum absolute atomic E-state index is 0.0905. The number of hydrogen-bond acceptors (Lipinski definition) is 4.